The summed E-state index contributed by atoms with van der Waals surface area (Å²) in [6.07, 6.45) is 0.312. The number of rotatable bonds is 3. The molecule has 1 aromatic carbocycles. The summed E-state index contributed by atoms with van der Waals surface area (Å²) in [6.45, 7) is 2.86. The predicted molar refractivity (Wildman–Crippen MR) is 67.6 cm³/mol. The van der Waals surface area contributed by atoms with Crippen LogP contribution >= 0.6 is 0 Å². The van der Waals surface area contributed by atoms with E-state index in [1.54, 1.807) is 4.90 Å². The van der Waals surface area contributed by atoms with Crippen molar-refractivity contribution in [3.63, 3.8) is 0 Å². The fourth-order valence-corrected chi connectivity index (χ4v) is 1.91. The van der Waals surface area contributed by atoms with Crippen LogP contribution in [0.1, 0.15) is 13.3 Å². The number of carbonyl (C=O) groups is 2. The van der Waals surface area contributed by atoms with Crippen LogP contribution in [0, 0.1) is 0 Å². The summed E-state index contributed by atoms with van der Waals surface area (Å²) in [4.78, 5) is 24.9. The van der Waals surface area contributed by atoms with Gasteiger partial charge in [-0.15, -0.1) is 0 Å². The normalized spacial score (nSPS) is 16.2. The zero-order valence-electron chi connectivity index (χ0n) is 10.3. The highest BCUT2D eigenvalue weighted by Gasteiger charge is 2.23. The molecule has 0 bridgehead atoms. The molecule has 0 unspecified atom stereocenters. The van der Waals surface area contributed by atoms with Gasteiger partial charge in [0.1, 0.15) is 5.75 Å². The van der Waals surface area contributed by atoms with Gasteiger partial charge >= 0.3 is 0 Å². The molecule has 1 aliphatic heterocycles. The molecule has 2 rings (SSSR count). The molecular weight excluding hydrogens is 232 g/mol. The Morgan fingerprint density at radius 2 is 2.11 bits per heavy atom. The average molecular weight is 248 g/mol. The highest BCUT2D eigenvalue weighted by Crippen LogP contribution is 2.28. The van der Waals surface area contributed by atoms with Crippen molar-refractivity contribution >= 4 is 17.5 Å². The number of benzene rings is 1. The first-order valence-electron chi connectivity index (χ1n) is 6.01. The fraction of sp³-hybridized carbons (Fsp3) is 0.385. The van der Waals surface area contributed by atoms with Crippen LogP contribution in [0.4, 0.5) is 5.69 Å². The van der Waals surface area contributed by atoms with Crippen molar-refractivity contribution in [2.75, 3.05) is 24.6 Å². The van der Waals surface area contributed by atoms with Gasteiger partial charge in [0.05, 0.1) is 18.8 Å². The van der Waals surface area contributed by atoms with Crippen molar-refractivity contribution in [3.8, 4) is 5.75 Å². The minimum Gasteiger partial charge on any atom is -0.492 e. The Hall–Kier alpha value is -2.04. The van der Waals surface area contributed by atoms with Gasteiger partial charge in [0.25, 0.3) is 0 Å². The Morgan fingerprint density at radius 3 is 2.89 bits per heavy atom. The highest BCUT2D eigenvalue weighted by molar-refractivity contribution is 5.99. The number of hydrogen-bond acceptors (Lipinski definition) is 3. The summed E-state index contributed by atoms with van der Waals surface area (Å²) in [7, 11) is 0. The SMILES string of the molecule is CCOc1ccccc1N1CCC(=O)NCC1=O. The van der Waals surface area contributed by atoms with Crippen LogP contribution in [0.15, 0.2) is 24.3 Å². The maximum absolute atomic E-state index is 12.0. The number of para-hydroxylation sites is 2. The van der Waals surface area contributed by atoms with Crippen molar-refractivity contribution < 1.29 is 14.3 Å². The van der Waals surface area contributed by atoms with E-state index in [0.29, 0.717) is 25.3 Å². The van der Waals surface area contributed by atoms with Crippen LogP contribution < -0.4 is 15.0 Å². The van der Waals surface area contributed by atoms with Gasteiger partial charge in [-0.1, -0.05) is 12.1 Å². The van der Waals surface area contributed by atoms with Crippen LogP contribution in [-0.2, 0) is 9.59 Å². The number of carbonyl (C=O) groups excluding carboxylic acids is 2. The number of anilines is 1. The Labute approximate surface area is 106 Å². The first kappa shape index (κ1) is 12.4. The van der Waals surface area contributed by atoms with Crippen LogP contribution in [0.3, 0.4) is 0 Å². The molecule has 96 valence electrons. The van der Waals surface area contributed by atoms with Crippen molar-refractivity contribution in [2.24, 2.45) is 0 Å². The lowest BCUT2D eigenvalue weighted by atomic mass is 10.2. The summed E-state index contributed by atoms with van der Waals surface area (Å²) in [5.41, 5.74) is 0.723. The lowest BCUT2D eigenvalue weighted by Crippen LogP contribution is -2.35. The molecule has 1 aromatic rings. The van der Waals surface area contributed by atoms with Gasteiger partial charge in [0.2, 0.25) is 11.8 Å². The summed E-state index contributed by atoms with van der Waals surface area (Å²) in [5, 5.41) is 2.57. The molecule has 2 amide bonds. The molecule has 0 aliphatic carbocycles. The van der Waals surface area contributed by atoms with E-state index < -0.39 is 0 Å². The van der Waals surface area contributed by atoms with Gasteiger partial charge in [-0.3, -0.25) is 9.59 Å². The largest absolute Gasteiger partial charge is 0.492 e. The van der Waals surface area contributed by atoms with E-state index in [0.717, 1.165) is 5.69 Å². The summed E-state index contributed by atoms with van der Waals surface area (Å²) in [5.74, 6) is 0.454. The Bertz CT molecular complexity index is 459. The second-order valence-corrected chi connectivity index (χ2v) is 3.97. The lowest BCUT2D eigenvalue weighted by molar-refractivity contribution is -0.123. The zero-order chi connectivity index (χ0) is 13.0. The van der Waals surface area contributed by atoms with E-state index in [4.69, 9.17) is 4.74 Å². The molecule has 1 aliphatic rings. The monoisotopic (exact) mass is 248 g/mol. The van der Waals surface area contributed by atoms with Crippen molar-refractivity contribution in [3.05, 3.63) is 24.3 Å². The van der Waals surface area contributed by atoms with Crippen molar-refractivity contribution in [1.82, 2.24) is 5.32 Å². The topological polar surface area (TPSA) is 58.6 Å². The first-order valence-corrected chi connectivity index (χ1v) is 6.01. The molecule has 5 heteroatoms. The maximum atomic E-state index is 12.0. The number of nitrogens with zero attached hydrogens (tertiary/aromatic N) is 1. The third kappa shape index (κ3) is 2.61. The average Bonchev–Trinajstić information content (AvgIpc) is 2.54. The first-order chi connectivity index (χ1) is 8.72. The van der Waals surface area contributed by atoms with Gasteiger partial charge in [-0.05, 0) is 19.1 Å². The van der Waals surface area contributed by atoms with Crippen LogP contribution in [0.25, 0.3) is 0 Å². The minimum absolute atomic E-state index is 0.0410. The van der Waals surface area contributed by atoms with E-state index in [-0.39, 0.29) is 18.4 Å². The molecule has 0 radical (unpaired) electrons. The summed E-state index contributed by atoms with van der Waals surface area (Å²) < 4.78 is 5.51. The molecule has 1 saturated heterocycles. The van der Waals surface area contributed by atoms with Gasteiger partial charge in [-0.2, -0.15) is 0 Å². The van der Waals surface area contributed by atoms with E-state index in [9.17, 15) is 9.59 Å². The van der Waals surface area contributed by atoms with Gasteiger partial charge in [0.15, 0.2) is 0 Å². The lowest BCUT2D eigenvalue weighted by Gasteiger charge is -2.22. The number of ether oxygens (including phenoxy) is 1. The number of hydrogen-bond donors (Lipinski definition) is 1. The summed E-state index contributed by atoms with van der Waals surface area (Å²) >= 11 is 0. The zero-order valence-corrected chi connectivity index (χ0v) is 10.3. The smallest absolute Gasteiger partial charge is 0.246 e. The number of nitrogens with one attached hydrogen (secondary N) is 1. The molecule has 18 heavy (non-hydrogen) atoms. The highest BCUT2D eigenvalue weighted by atomic mass is 16.5. The molecule has 0 aromatic heterocycles. The third-order valence-corrected chi connectivity index (χ3v) is 2.76. The molecule has 0 atom stereocenters. The number of amides is 2. The minimum atomic E-state index is -0.118. The standard InChI is InChI=1S/C13H16N2O3/c1-2-18-11-6-4-3-5-10(11)15-8-7-12(16)14-9-13(15)17/h3-6H,2,7-9H2,1H3,(H,14,16). The van der Waals surface area contributed by atoms with E-state index >= 15 is 0 Å². The van der Waals surface area contributed by atoms with Gasteiger partial charge in [-0.25, -0.2) is 0 Å². The Balaban J connectivity index is 2.28. The summed E-state index contributed by atoms with van der Waals surface area (Å²) in [6, 6.07) is 7.37. The predicted octanol–water partition coefficient (Wildman–Crippen LogP) is 0.938. The van der Waals surface area contributed by atoms with E-state index in [2.05, 4.69) is 5.32 Å². The quantitative estimate of drug-likeness (QED) is 0.866. The molecule has 0 spiro atoms. The Kier molecular flexibility index (Phi) is 3.82. The van der Waals surface area contributed by atoms with E-state index in [1.165, 1.54) is 0 Å². The third-order valence-electron chi connectivity index (χ3n) is 2.76. The second-order valence-electron chi connectivity index (χ2n) is 3.97. The molecule has 0 saturated carbocycles. The molecule has 1 heterocycles. The molecule has 5 nitrogen and oxygen atoms in total. The Morgan fingerprint density at radius 1 is 1.33 bits per heavy atom. The molecular formula is C13H16N2O3. The fourth-order valence-electron chi connectivity index (χ4n) is 1.91. The van der Waals surface area contributed by atoms with Crippen molar-refractivity contribution in [2.45, 2.75) is 13.3 Å². The van der Waals surface area contributed by atoms with Crippen molar-refractivity contribution in [1.29, 1.82) is 0 Å². The molecule has 1 N–H and O–H groups in total. The van der Waals surface area contributed by atoms with Crippen LogP contribution in [0.5, 0.6) is 5.75 Å². The maximum Gasteiger partial charge on any atom is 0.246 e. The van der Waals surface area contributed by atoms with Gasteiger partial charge < -0.3 is 15.0 Å². The van der Waals surface area contributed by atoms with E-state index in [1.807, 2.05) is 31.2 Å². The second kappa shape index (κ2) is 5.53. The van der Waals surface area contributed by atoms with Crippen LogP contribution in [0.2, 0.25) is 0 Å². The van der Waals surface area contributed by atoms with Crippen LogP contribution in [-0.4, -0.2) is 31.5 Å². The van der Waals surface area contributed by atoms with Gasteiger partial charge in [0, 0.05) is 13.0 Å². The molecule has 1 fully saturated rings.